The third-order valence-electron chi connectivity index (χ3n) is 2.72. The Labute approximate surface area is 120 Å². The quantitative estimate of drug-likeness (QED) is 0.777. The van der Waals surface area contributed by atoms with E-state index in [1.165, 1.54) is 12.3 Å². The zero-order valence-corrected chi connectivity index (χ0v) is 11.5. The van der Waals surface area contributed by atoms with E-state index in [0.717, 1.165) is 6.07 Å². The fourth-order valence-electron chi connectivity index (χ4n) is 1.64. The molecule has 0 saturated heterocycles. The second kappa shape index (κ2) is 5.90. The van der Waals surface area contributed by atoms with Crippen molar-refractivity contribution in [3.8, 4) is 0 Å². The average molecular weight is 294 g/mol. The zero-order chi connectivity index (χ0) is 15.5. The maximum Gasteiger partial charge on any atom is 0.418 e. The summed E-state index contributed by atoms with van der Waals surface area (Å²) in [7, 11) is 3.35. The van der Waals surface area contributed by atoms with E-state index in [0.29, 0.717) is 11.4 Å². The van der Waals surface area contributed by atoms with Gasteiger partial charge in [-0.3, -0.25) is 4.98 Å². The number of benzene rings is 1. The van der Waals surface area contributed by atoms with Crippen LogP contribution in [0.15, 0.2) is 53.0 Å². The standard InChI is InChI=1S/C14H13F3N4/c1-21(2)11-5-6-13(12(8-11)14(15,16)17)20-19-10-4-3-7-18-9-10/h3-9H,1-2H3. The van der Waals surface area contributed by atoms with E-state index < -0.39 is 11.7 Å². The van der Waals surface area contributed by atoms with Crippen LogP contribution in [-0.4, -0.2) is 19.1 Å². The van der Waals surface area contributed by atoms with Crippen molar-refractivity contribution in [1.29, 1.82) is 0 Å². The lowest BCUT2D eigenvalue weighted by molar-refractivity contribution is -0.137. The summed E-state index contributed by atoms with van der Waals surface area (Å²) in [5.41, 5.74) is -0.205. The number of rotatable bonds is 3. The van der Waals surface area contributed by atoms with Gasteiger partial charge in [0.25, 0.3) is 0 Å². The predicted molar refractivity (Wildman–Crippen MR) is 74.2 cm³/mol. The van der Waals surface area contributed by atoms with E-state index in [1.807, 2.05) is 0 Å². The highest BCUT2D eigenvalue weighted by atomic mass is 19.4. The summed E-state index contributed by atoms with van der Waals surface area (Å²) in [4.78, 5) is 5.42. The van der Waals surface area contributed by atoms with E-state index in [-0.39, 0.29) is 5.69 Å². The molecule has 0 radical (unpaired) electrons. The molecule has 4 nitrogen and oxygen atoms in total. The molecular weight excluding hydrogens is 281 g/mol. The maximum atomic E-state index is 13.1. The third-order valence-corrected chi connectivity index (χ3v) is 2.72. The van der Waals surface area contributed by atoms with Gasteiger partial charge in [-0.2, -0.15) is 13.2 Å². The topological polar surface area (TPSA) is 40.9 Å². The van der Waals surface area contributed by atoms with Crippen molar-refractivity contribution < 1.29 is 13.2 Å². The largest absolute Gasteiger partial charge is 0.418 e. The van der Waals surface area contributed by atoms with Gasteiger partial charge in [-0.05, 0) is 30.3 Å². The molecule has 2 aromatic rings. The Morgan fingerprint density at radius 3 is 2.43 bits per heavy atom. The lowest BCUT2D eigenvalue weighted by atomic mass is 10.1. The van der Waals surface area contributed by atoms with Crippen molar-refractivity contribution in [3.05, 3.63) is 48.3 Å². The van der Waals surface area contributed by atoms with Gasteiger partial charge in [-0.1, -0.05) is 0 Å². The number of pyridine rings is 1. The summed E-state index contributed by atoms with van der Waals surface area (Å²) in [5, 5.41) is 7.46. The summed E-state index contributed by atoms with van der Waals surface area (Å²) in [5.74, 6) is 0. The average Bonchev–Trinajstić information content (AvgIpc) is 2.45. The molecule has 0 amide bonds. The zero-order valence-electron chi connectivity index (χ0n) is 11.5. The Morgan fingerprint density at radius 1 is 1.10 bits per heavy atom. The highest BCUT2D eigenvalue weighted by Gasteiger charge is 2.34. The van der Waals surface area contributed by atoms with Gasteiger partial charge in [-0.15, -0.1) is 10.2 Å². The second-order valence-corrected chi connectivity index (χ2v) is 4.50. The molecule has 7 heteroatoms. The Morgan fingerprint density at radius 2 is 1.86 bits per heavy atom. The highest BCUT2D eigenvalue weighted by Crippen LogP contribution is 2.38. The fourth-order valence-corrected chi connectivity index (χ4v) is 1.64. The second-order valence-electron chi connectivity index (χ2n) is 4.50. The maximum absolute atomic E-state index is 13.1. The normalized spacial score (nSPS) is 11.9. The number of azo groups is 1. The molecule has 21 heavy (non-hydrogen) atoms. The Bertz CT molecular complexity index is 636. The predicted octanol–water partition coefficient (Wildman–Crippen LogP) is 4.58. The van der Waals surface area contributed by atoms with Gasteiger partial charge in [0.1, 0.15) is 5.69 Å². The molecule has 2 rings (SSSR count). The summed E-state index contributed by atoms with van der Waals surface area (Å²) >= 11 is 0. The van der Waals surface area contributed by atoms with Gasteiger partial charge in [0.05, 0.1) is 17.4 Å². The molecule has 0 aliphatic rings. The molecule has 0 aliphatic heterocycles. The summed E-state index contributed by atoms with van der Waals surface area (Å²) in [6, 6.07) is 7.16. The third kappa shape index (κ3) is 3.77. The van der Waals surface area contributed by atoms with Crippen molar-refractivity contribution in [2.45, 2.75) is 6.18 Å². The Kier molecular flexibility index (Phi) is 4.21. The number of hydrogen-bond donors (Lipinski definition) is 0. The summed E-state index contributed by atoms with van der Waals surface area (Å²) < 4.78 is 39.3. The summed E-state index contributed by atoms with van der Waals surface area (Å²) in [6.07, 6.45) is -1.52. The first-order chi connectivity index (χ1) is 9.88. The van der Waals surface area contributed by atoms with E-state index in [4.69, 9.17) is 0 Å². The van der Waals surface area contributed by atoms with Gasteiger partial charge in [0.2, 0.25) is 0 Å². The first-order valence-corrected chi connectivity index (χ1v) is 6.08. The minimum absolute atomic E-state index is 0.225. The SMILES string of the molecule is CN(C)c1ccc(N=Nc2cccnc2)c(C(F)(F)F)c1. The van der Waals surface area contributed by atoms with Crippen molar-refractivity contribution in [2.24, 2.45) is 10.2 Å². The van der Waals surface area contributed by atoms with Crippen molar-refractivity contribution in [2.75, 3.05) is 19.0 Å². The number of alkyl halides is 3. The summed E-state index contributed by atoms with van der Waals surface area (Å²) in [6.45, 7) is 0. The number of aromatic nitrogens is 1. The molecule has 1 aromatic carbocycles. The van der Waals surface area contributed by atoms with Crippen LogP contribution in [0.25, 0.3) is 0 Å². The molecule has 0 unspecified atom stereocenters. The lowest BCUT2D eigenvalue weighted by Crippen LogP contribution is -2.11. The molecule has 0 aliphatic carbocycles. The molecule has 0 saturated carbocycles. The smallest absolute Gasteiger partial charge is 0.378 e. The number of halogens is 3. The van der Waals surface area contributed by atoms with Crippen LogP contribution in [-0.2, 0) is 6.18 Å². The van der Waals surface area contributed by atoms with Crippen LogP contribution in [0.1, 0.15) is 5.56 Å². The Hall–Kier alpha value is -2.44. The van der Waals surface area contributed by atoms with E-state index >= 15 is 0 Å². The van der Waals surface area contributed by atoms with Crippen LogP contribution in [0, 0.1) is 0 Å². The molecule has 1 aromatic heterocycles. The van der Waals surface area contributed by atoms with Crippen LogP contribution in [0.5, 0.6) is 0 Å². The molecule has 0 spiro atoms. The molecule has 1 heterocycles. The van der Waals surface area contributed by atoms with Crippen LogP contribution >= 0.6 is 0 Å². The number of anilines is 1. The lowest BCUT2D eigenvalue weighted by Gasteiger charge is -2.16. The van der Waals surface area contributed by atoms with Crippen LogP contribution < -0.4 is 4.90 Å². The molecule has 0 N–H and O–H groups in total. The van der Waals surface area contributed by atoms with E-state index in [9.17, 15) is 13.2 Å². The molecule has 0 bridgehead atoms. The highest BCUT2D eigenvalue weighted by molar-refractivity contribution is 5.58. The van der Waals surface area contributed by atoms with Gasteiger partial charge >= 0.3 is 6.18 Å². The molecular formula is C14H13F3N4. The first-order valence-electron chi connectivity index (χ1n) is 6.08. The fraction of sp³-hybridized carbons (Fsp3) is 0.214. The van der Waals surface area contributed by atoms with Crippen LogP contribution in [0.4, 0.5) is 30.2 Å². The van der Waals surface area contributed by atoms with Crippen molar-refractivity contribution in [3.63, 3.8) is 0 Å². The minimum atomic E-state index is -4.49. The minimum Gasteiger partial charge on any atom is -0.378 e. The first kappa shape index (κ1) is 15.0. The van der Waals surface area contributed by atoms with Gasteiger partial charge < -0.3 is 4.90 Å². The van der Waals surface area contributed by atoms with Gasteiger partial charge in [-0.25, -0.2) is 0 Å². The van der Waals surface area contributed by atoms with E-state index in [2.05, 4.69) is 15.2 Å². The Balaban J connectivity index is 2.41. The van der Waals surface area contributed by atoms with Crippen molar-refractivity contribution in [1.82, 2.24) is 4.98 Å². The number of nitrogens with zero attached hydrogens (tertiary/aromatic N) is 4. The molecule has 0 atom stereocenters. The molecule has 110 valence electrons. The molecule has 0 fully saturated rings. The van der Waals surface area contributed by atoms with Gasteiger partial charge in [0.15, 0.2) is 0 Å². The van der Waals surface area contributed by atoms with Crippen LogP contribution in [0.3, 0.4) is 0 Å². The van der Waals surface area contributed by atoms with Gasteiger partial charge in [0, 0.05) is 26.0 Å². The van der Waals surface area contributed by atoms with Crippen LogP contribution in [0.2, 0.25) is 0 Å². The van der Waals surface area contributed by atoms with Crippen molar-refractivity contribution >= 4 is 17.1 Å². The van der Waals surface area contributed by atoms with E-state index in [1.54, 1.807) is 43.4 Å². The monoisotopic (exact) mass is 294 g/mol. The number of hydrogen-bond acceptors (Lipinski definition) is 4.